The molecule has 2 atom stereocenters. The number of methoxy groups -OCH3 is 1. The second-order valence-corrected chi connectivity index (χ2v) is 3.56. The van der Waals surface area contributed by atoms with Gasteiger partial charge in [0.05, 0.1) is 5.38 Å². The fourth-order valence-electron chi connectivity index (χ4n) is 1.43. The normalized spacial score (nSPS) is 32.4. The first-order valence-corrected chi connectivity index (χ1v) is 4.33. The maximum absolute atomic E-state index is 11.0. The number of ether oxygens (including phenoxy) is 1. The van der Waals surface area contributed by atoms with E-state index >= 15 is 0 Å². The SMILES string of the molecule is COCC1CCC(=O)C(Cl)C1. The molecule has 0 bridgehead atoms. The minimum absolute atomic E-state index is 0.194. The van der Waals surface area contributed by atoms with Gasteiger partial charge in [0, 0.05) is 20.1 Å². The topological polar surface area (TPSA) is 26.3 Å². The molecule has 1 fully saturated rings. The summed E-state index contributed by atoms with van der Waals surface area (Å²) in [5.74, 6) is 0.680. The number of alkyl halides is 1. The van der Waals surface area contributed by atoms with Gasteiger partial charge in [0.1, 0.15) is 0 Å². The van der Waals surface area contributed by atoms with Gasteiger partial charge >= 0.3 is 0 Å². The van der Waals surface area contributed by atoms with Crippen molar-refractivity contribution < 1.29 is 9.53 Å². The van der Waals surface area contributed by atoms with E-state index in [-0.39, 0.29) is 11.2 Å². The monoisotopic (exact) mass is 176 g/mol. The standard InChI is InChI=1S/C8H13ClO2/c1-11-5-6-2-3-8(10)7(9)4-6/h6-7H,2-5H2,1H3. The smallest absolute Gasteiger partial charge is 0.150 e. The zero-order valence-electron chi connectivity index (χ0n) is 6.68. The Morgan fingerprint density at radius 3 is 3.00 bits per heavy atom. The lowest BCUT2D eigenvalue weighted by Crippen LogP contribution is -2.27. The third-order valence-corrected chi connectivity index (χ3v) is 2.51. The summed E-state index contributed by atoms with van der Waals surface area (Å²) in [6.07, 6.45) is 2.35. The molecule has 1 rings (SSSR count). The number of hydrogen-bond donors (Lipinski definition) is 0. The molecule has 64 valence electrons. The number of Topliss-reactive ketones (excluding diaryl/α,β-unsaturated/α-hetero) is 1. The van der Waals surface area contributed by atoms with Gasteiger partial charge in [0.2, 0.25) is 0 Å². The van der Waals surface area contributed by atoms with Crippen LogP contribution in [0.15, 0.2) is 0 Å². The number of carbonyl (C=O) groups excluding carboxylic acids is 1. The summed E-state index contributed by atoms with van der Waals surface area (Å²) in [6, 6.07) is 0. The highest BCUT2D eigenvalue weighted by molar-refractivity contribution is 6.31. The van der Waals surface area contributed by atoms with Crippen LogP contribution >= 0.6 is 11.6 Å². The Hall–Kier alpha value is -0.0800. The number of carbonyl (C=O) groups is 1. The van der Waals surface area contributed by atoms with Crippen molar-refractivity contribution in [3.63, 3.8) is 0 Å². The highest BCUT2D eigenvalue weighted by atomic mass is 35.5. The van der Waals surface area contributed by atoms with Crippen molar-refractivity contribution in [2.24, 2.45) is 5.92 Å². The van der Waals surface area contributed by atoms with E-state index in [0.29, 0.717) is 12.3 Å². The Morgan fingerprint density at radius 2 is 2.45 bits per heavy atom. The van der Waals surface area contributed by atoms with Crippen molar-refractivity contribution in [1.82, 2.24) is 0 Å². The molecule has 0 amide bonds. The summed E-state index contributed by atoms with van der Waals surface area (Å²) in [5, 5.41) is -0.260. The van der Waals surface area contributed by atoms with Gasteiger partial charge in [0.25, 0.3) is 0 Å². The van der Waals surface area contributed by atoms with E-state index in [1.165, 1.54) is 0 Å². The summed E-state index contributed by atoms with van der Waals surface area (Å²) < 4.78 is 4.99. The van der Waals surface area contributed by atoms with Gasteiger partial charge < -0.3 is 4.74 Å². The predicted octanol–water partition coefficient (Wildman–Crippen LogP) is 1.61. The van der Waals surface area contributed by atoms with E-state index in [0.717, 1.165) is 19.4 Å². The average molecular weight is 177 g/mol. The molecule has 0 saturated heterocycles. The van der Waals surface area contributed by atoms with Crippen LogP contribution in [0.1, 0.15) is 19.3 Å². The zero-order valence-corrected chi connectivity index (χ0v) is 7.43. The summed E-state index contributed by atoms with van der Waals surface area (Å²) in [7, 11) is 1.68. The summed E-state index contributed by atoms with van der Waals surface area (Å²) >= 11 is 5.79. The van der Waals surface area contributed by atoms with Crippen molar-refractivity contribution in [2.45, 2.75) is 24.6 Å². The molecular weight excluding hydrogens is 164 g/mol. The van der Waals surface area contributed by atoms with Crippen molar-refractivity contribution in [1.29, 1.82) is 0 Å². The van der Waals surface area contributed by atoms with Crippen molar-refractivity contribution >= 4 is 17.4 Å². The van der Waals surface area contributed by atoms with Crippen LogP contribution < -0.4 is 0 Å². The van der Waals surface area contributed by atoms with E-state index in [9.17, 15) is 4.79 Å². The van der Waals surface area contributed by atoms with Crippen molar-refractivity contribution in [2.75, 3.05) is 13.7 Å². The molecule has 0 aromatic rings. The number of halogens is 1. The van der Waals surface area contributed by atoms with Crippen LogP contribution in [-0.2, 0) is 9.53 Å². The Bertz CT molecular complexity index is 147. The van der Waals surface area contributed by atoms with Gasteiger partial charge in [-0.2, -0.15) is 0 Å². The fraction of sp³-hybridized carbons (Fsp3) is 0.875. The highest BCUT2D eigenvalue weighted by Crippen LogP contribution is 2.25. The van der Waals surface area contributed by atoms with E-state index < -0.39 is 0 Å². The fourth-order valence-corrected chi connectivity index (χ4v) is 1.79. The van der Waals surface area contributed by atoms with E-state index in [4.69, 9.17) is 16.3 Å². The largest absolute Gasteiger partial charge is 0.384 e. The van der Waals surface area contributed by atoms with Crippen LogP contribution in [0, 0.1) is 5.92 Å². The molecule has 0 spiro atoms. The van der Waals surface area contributed by atoms with Gasteiger partial charge in [-0.15, -0.1) is 11.6 Å². The van der Waals surface area contributed by atoms with Crippen molar-refractivity contribution in [3.8, 4) is 0 Å². The van der Waals surface area contributed by atoms with Gasteiger partial charge in [-0.25, -0.2) is 0 Å². The molecule has 0 radical (unpaired) electrons. The van der Waals surface area contributed by atoms with Crippen molar-refractivity contribution in [3.05, 3.63) is 0 Å². The second kappa shape index (κ2) is 4.07. The predicted molar refractivity (Wildman–Crippen MR) is 43.9 cm³/mol. The lowest BCUT2D eigenvalue weighted by atomic mass is 9.89. The van der Waals surface area contributed by atoms with E-state index in [2.05, 4.69) is 0 Å². The molecule has 0 aromatic heterocycles. The molecule has 0 heterocycles. The summed E-state index contributed by atoms with van der Waals surface area (Å²) in [5.41, 5.74) is 0. The van der Waals surface area contributed by atoms with Gasteiger partial charge in [-0.1, -0.05) is 0 Å². The summed E-state index contributed by atoms with van der Waals surface area (Å²) in [4.78, 5) is 11.0. The average Bonchev–Trinajstić information content (AvgIpc) is 1.98. The summed E-state index contributed by atoms with van der Waals surface area (Å²) in [6.45, 7) is 0.733. The molecule has 2 nitrogen and oxygen atoms in total. The number of ketones is 1. The molecule has 1 saturated carbocycles. The molecule has 3 heteroatoms. The van der Waals surface area contributed by atoms with Crippen LogP contribution in [0.25, 0.3) is 0 Å². The molecule has 0 aromatic carbocycles. The Balaban J connectivity index is 2.33. The molecule has 0 aliphatic heterocycles. The van der Waals surface area contributed by atoms with Gasteiger partial charge in [0.15, 0.2) is 5.78 Å². The maximum atomic E-state index is 11.0. The van der Waals surface area contributed by atoms with Crippen LogP contribution in [0.5, 0.6) is 0 Å². The maximum Gasteiger partial charge on any atom is 0.150 e. The molecule has 2 unspecified atom stereocenters. The van der Waals surface area contributed by atoms with Crippen LogP contribution in [-0.4, -0.2) is 24.9 Å². The molecule has 0 N–H and O–H groups in total. The molecule has 11 heavy (non-hydrogen) atoms. The second-order valence-electron chi connectivity index (χ2n) is 3.03. The minimum atomic E-state index is -0.260. The first-order valence-electron chi connectivity index (χ1n) is 3.89. The lowest BCUT2D eigenvalue weighted by Gasteiger charge is -2.23. The Morgan fingerprint density at radius 1 is 1.73 bits per heavy atom. The first kappa shape index (κ1) is 9.01. The Labute approximate surface area is 71.9 Å². The highest BCUT2D eigenvalue weighted by Gasteiger charge is 2.26. The zero-order chi connectivity index (χ0) is 8.27. The number of hydrogen-bond acceptors (Lipinski definition) is 2. The van der Waals surface area contributed by atoms with Crippen LogP contribution in [0.2, 0.25) is 0 Å². The van der Waals surface area contributed by atoms with E-state index in [1.54, 1.807) is 7.11 Å². The lowest BCUT2D eigenvalue weighted by molar-refractivity contribution is -0.120. The molecule has 1 aliphatic carbocycles. The molecular formula is C8H13ClO2. The quantitative estimate of drug-likeness (QED) is 0.598. The van der Waals surface area contributed by atoms with Crippen LogP contribution in [0.3, 0.4) is 0 Å². The van der Waals surface area contributed by atoms with Crippen LogP contribution in [0.4, 0.5) is 0 Å². The first-order chi connectivity index (χ1) is 5.24. The Kier molecular flexibility index (Phi) is 3.34. The van der Waals surface area contributed by atoms with Gasteiger partial charge in [-0.05, 0) is 18.8 Å². The van der Waals surface area contributed by atoms with E-state index in [1.807, 2.05) is 0 Å². The third kappa shape index (κ3) is 2.46. The van der Waals surface area contributed by atoms with Gasteiger partial charge in [-0.3, -0.25) is 4.79 Å². The minimum Gasteiger partial charge on any atom is -0.384 e. The number of rotatable bonds is 2. The third-order valence-electron chi connectivity index (χ3n) is 2.09. The molecule has 1 aliphatic rings.